The summed E-state index contributed by atoms with van der Waals surface area (Å²) in [5.74, 6) is -1.01. The Morgan fingerprint density at radius 3 is 2.30 bits per heavy atom. The quantitative estimate of drug-likeness (QED) is 0.578. The van der Waals surface area contributed by atoms with Crippen LogP contribution >= 0.6 is 0 Å². The third-order valence-corrected chi connectivity index (χ3v) is 4.47. The van der Waals surface area contributed by atoms with E-state index in [0.717, 1.165) is 0 Å². The van der Waals surface area contributed by atoms with Crippen LogP contribution in [-0.2, 0) is 9.31 Å². The van der Waals surface area contributed by atoms with Crippen molar-refractivity contribution in [1.29, 1.82) is 0 Å². The molecule has 0 saturated carbocycles. The van der Waals surface area contributed by atoms with Gasteiger partial charge in [-0.1, -0.05) is 6.08 Å². The zero-order chi connectivity index (χ0) is 17.4. The maximum Gasteiger partial charge on any atom is 0.491 e. The number of carbonyl (C=O) groups is 1. The Bertz CT molecular complexity index is 639. The smallest absolute Gasteiger partial charge is 0.478 e. The molecule has 1 aromatic rings. The maximum absolute atomic E-state index is 11.1. The van der Waals surface area contributed by atoms with E-state index in [9.17, 15) is 4.79 Å². The van der Waals surface area contributed by atoms with Gasteiger partial charge in [-0.25, -0.2) is 4.79 Å². The van der Waals surface area contributed by atoms with E-state index in [1.165, 1.54) is 12.1 Å². The van der Waals surface area contributed by atoms with Crippen molar-refractivity contribution in [2.75, 3.05) is 12.3 Å². The van der Waals surface area contributed by atoms with E-state index in [2.05, 4.69) is 0 Å². The average Bonchev–Trinajstić information content (AvgIpc) is 2.66. The zero-order valence-corrected chi connectivity index (χ0v) is 13.9. The van der Waals surface area contributed by atoms with Gasteiger partial charge in [0.05, 0.1) is 16.8 Å². The van der Waals surface area contributed by atoms with Gasteiger partial charge in [0.2, 0.25) is 0 Å². The second kappa shape index (κ2) is 6.00. The summed E-state index contributed by atoms with van der Waals surface area (Å²) in [5, 5.41) is 9.10. The molecular weight excluding hydrogens is 295 g/mol. The van der Waals surface area contributed by atoms with Crippen LogP contribution in [0.15, 0.2) is 23.7 Å². The molecule has 124 valence electrons. The topological polar surface area (TPSA) is 108 Å². The van der Waals surface area contributed by atoms with Crippen molar-refractivity contribution in [3.05, 3.63) is 34.8 Å². The summed E-state index contributed by atoms with van der Waals surface area (Å²) >= 11 is 0. The summed E-state index contributed by atoms with van der Waals surface area (Å²) in [5.41, 5.74) is 12.8. The zero-order valence-electron chi connectivity index (χ0n) is 13.9. The first kappa shape index (κ1) is 17.5. The number of anilines is 1. The lowest BCUT2D eigenvalue weighted by molar-refractivity contribution is 0.00578. The Hall–Kier alpha value is -1.83. The highest BCUT2D eigenvalue weighted by Gasteiger charge is 2.52. The Balaban J connectivity index is 2.37. The van der Waals surface area contributed by atoms with Gasteiger partial charge in [0.25, 0.3) is 0 Å². The Morgan fingerprint density at radius 2 is 1.83 bits per heavy atom. The number of carboxylic acid groups (broad SMARTS) is 1. The molecule has 7 heteroatoms. The van der Waals surface area contributed by atoms with Crippen LogP contribution in [0.25, 0.3) is 6.08 Å². The number of benzene rings is 1. The first-order valence-corrected chi connectivity index (χ1v) is 7.46. The highest BCUT2D eigenvalue weighted by Crippen LogP contribution is 2.38. The molecule has 0 spiro atoms. The predicted molar refractivity (Wildman–Crippen MR) is 90.9 cm³/mol. The van der Waals surface area contributed by atoms with Crippen LogP contribution in [-0.4, -0.2) is 35.9 Å². The van der Waals surface area contributed by atoms with E-state index in [1.807, 2.05) is 27.7 Å². The first-order chi connectivity index (χ1) is 10.6. The highest BCUT2D eigenvalue weighted by atomic mass is 16.7. The van der Waals surface area contributed by atoms with E-state index in [0.29, 0.717) is 16.7 Å². The van der Waals surface area contributed by atoms with Crippen molar-refractivity contribution in [3.63, 3.8) is 0 Å². The molecule has 0 aliphatic carbocycles. The number of hydrogen-bond acceptors (Lipinski definition) is 5. The monoisotopic (exact) mass is 318 g/mol. The fourth-order valence-corrected chi connectivity index (χ4v) is 2.25. The van der Waals surface area contributed by atoms with Crippen molar-refractivity contribution in [2.45, 2.75) is 38.9 Å². The fourth-order valence-electron chi connectivity index (χ4n) is 2.25. The lowest BCUT2D eigenvalue weighted by atomic mass is 9.77. The fraction of sp³-hybridized carbons (Fsp3) is 0.438. The number of nitrogen functional groups attached to an aromatic ring is 1. The van der Waals surface area contributed by atoms with E-state index in [1.54, 1.807) is 12.1 Å². The van der Waals surface area contributed by atoms with Crippen LogP contribution in [0.4, 0.5) is 5.69 Å². The molecule has 1 aliphatic heterocycles. The van der Waals surface area contributed by atoms with Crippen molar-refractivity contribution in [2.24, 2.45) is 5.73 Å². The van der Waals surface area contributed by atoms with Crippen LogP contribution in [0.2, 0.25) is 0 Å². The van der Waals surface area contributed by atoms with Crippen LogP contribution in [0.3, 0.4) is 0 Å². The van der Waals surface area contributed by atoms with Gasteiger partial charge in [-0.3, -0.25) is 0 Å². The molecule has 0 radical (unpaired) electrons. The van der Waals surface area contributed by atoms with E-state index >= 15 is 0 Å². The molecule has 0 aromatic heterocycles. The summed E-state index contributed by atoms with van der Waals surface area (Å²) in [6, 6.07) is 4.54. The van der Waals surface area contributed by atoms with Crippen molar-refractivity contribution < 1.29 is 19.2 Å². The van der Waals surface area contributed by atoms with Gasteiger partial charge in [-0.15, -0.1) is 0 Å². The molecule has 1 aliphatic rings. The third kappa shape index (κ3) is 3.42. The highest BCUT2D eigenvalue weighted by molar-refractivity contribution is 6.56. The standard InChI is InChI=1S/C16H23BN2O4/c1-15(2)16(3,4)23-17(22-15)12(9-18)8-11-7-10(14(20)21)5-6-13(11)19/h5-8H,9,18-19H2,1-4H3,(H,20,21). The third-order valence-electron chi connectivity index (χ3n) is 4.47. The number of rotatable bonds is 4. The summed E-state index contributed by atoms with van der Waals surface area (Å²) in [7, 11) is -0.585. The molecule has 1 aromatic carbocycles. The van der Waals surface area contributed by atoms with E-state index in [-0.39, 0.29) is 12.1 Å². The van der Waals surface area contributed by atoms with Crippen LogP contribution in [0, 0.1) is 0 Å². The van der Waals surface area contributed by atoms with Crippen LogP contribution in [0.1, 0.15) is 43.6 Å². The van der Waals surface area contributed by atoms with E-state index < -0.39 is 24.3 Å². The molecule has 0 amide bonds. The molecular formula is C16H23BN2O4. The van der Waals surface area contributed by atoms with Gasteiger partial charge in [0.15, 0.2) is 0 Å². The lowest BCUT2D eigenvalue weighted by Crippen LogP contribution is -2.41. The molecule has 0 atom stereocenters. The minimum Gasteiger partial charge on any atom is -0.478 e. The normalized spacial score (nSPS) is 19.9. The Morgan fingerprint density at radius 1 is 1.26 bits per heavy atom. The summed E-state index contributed by atoms with van der Waals surface area (Å²) in [4.78, 5) is 11.1. The summed E-state index contributed by atoms with van der Waals surface area (Å²) in [6.45, 7) is 8.05. The van der Waals surface area contributed by atoms with Gasteiger partial charge in [0.1, 0.15) is 0 Å². The molecule has 0 bridgehead atoms. The second-order valence-corrected chi connectivity index (χ2v) is 6.66. The van der Waals surface area contributed by atoms with Crippen molar-refractivity contribution in [1.82, 2.24) is 0 Å². The number of hydrogen-bond donors (Lipinski definition) is 3. The SMILES string of the molecule is CC1(C)OB(C(=Cc2cc(C(=O)O)ccc2N)CN)OC1(C)C. The van der Waals surface area contributed by atoms with Crippen LogP contribution in [0.5, 0.6) is 0 Å². The minimum absolute atomic E-state index is 0.163. The molecule has 1 saturated heterocycles. The molecule has 6 nitrogen and oxygen atoms in total. The van der Waals surface area contributed by atoms with Gasteiger partial charge < -0.3 is 25.9 Å². The molecule has 23 heavy (non-hydrogen) atoms. The molecule has 1 fully saturated rings. The minimum atomic E-state index is -1.01. The number of nitrogens with two attached hydrogens (primary N) is 2. The maximum atomic E-state index is 11.1. The second-order valence-electron chi connectivity index (χ2n) is 6.66. The number of aromatic carboxylic acids is 1. The largest absolute Gasteiger partial charge is 0.491 e. The lowest BCUT2D eigenvalue weighted by Gasteiger charge is -2.32. The Kier molecular flexibility index (Phi) is 4.57. The molecule has 1 heterocycles. The Labute approximate surface area is 136 Å². The van der Waals surface area contributed by atoms with E-state index in [4.69, 9.17) is 25.9 Å². The van der Waals surface area contributed by atoms with Gasteiger partial charge in [-0.2, -0.15) is 0 Å². The van der Waals surface area contributed by atoms with Gasteiger partial charge in [0, 0.05) is 12.2 Å². The predicted octanol–water partition coefficient (Wildman–Crippen LogP) is 1.94. The van der Waals surface area contributed by atoms with Gasteiger partial charge in [-0.05, 0) is 56.9 Å². The summed E-state index contributed by atoms with van der Waals surface area (Å²) in [6.07, 6.45) is 1.74. The van der Waals surface area contributed by atoms with Crippen molar-refractivity contribution >= 4 is 24.9 Å². The molecule has 2 rings (SSSR count). The van der Waals surface area contributed by atoms with Gasteiger partial charge >= 0.3 is 13.1 Å². The molecule has 5 N–H and O–H groups in total. The average molecular weight is 318 g/mol. The van der Waals surface area contributed by atoms with Crippen molar-refractivity contribution in [3.8, 4) is 0 Å². The molecule has 0 unspecified atom stereocenters. The first-order valence-electron chi connectivity index (χ1n) is 7.46. The number of carboxylic acids is 1. The van der Waals surface area contributed by atoms with Crippen LogP contribution < -0.4 is 11.5 Å². The summed E-state index contributed by atoms with van der Waals surface area (Å²) < 4.78 is 12.0.